The summed E-state index contributed by atoms with van der Waals surface area (Å²) in [6, 6.07) is 5.16. The number of aryl methyl sites for hydroxylation is 1. The second-order valence-electron chi connectivity index (χ2n) is 4.08. The van der Waals surface area contributed by atoms with Crippen molar-refractivity contribution in [3.63, 3.8) is 0 Å². The van der Waals surface area contributed by atoms with E-state index in [2.05, 4.69) is 10.3 Å². The lowest BCUT2D eigenvalue weighted by Gasteiger charge is -2.13. The van der Waals surface area contributed by atoms with E-state index in [4.69, 9.17) is 0 Å². The molecule has 0 saturated heterocycles. The summed E-state index contributed by atoms with van der Waals surface area (Å²) in [6.07, 6.45) is 4.45. The van der Waals surface area contributed by atoms with Crippen LogP contribution in [0.4, 0.5) is 4.39 Å². The van der Waals surface area contributed by atoms with Crippen LogP contribution in [0, 0.1) is 5.82 Å². The number of nitrogens with zero attached hydrogens (tertiary/aromatic N) is 2. The highest BCUT2D eigenvalue weighted by atomic mass is 19.1. The molecule has 0 spiro atoms. The minimum atomic E-state index is -0.177. The number of aromatic nitrogens is 2. The highest BCUT2D eigenvalue weighted by Gasteiger charge is 2.11. The van der Waals surface area contributed by atoms with Gasteiger partial charge in [-0.25, -0.2) is 9.37 Å². The molecule has 0 aliphatic rings. The van der Waals surface area contributed by atoms with Crippen LogP contribution in [0.5, 0.6) is 0 Å². The quantitative estimate of drug-likeness (QED) is 0.880. The lowest BCUT2D eigenvalue weighted by atomic mass is 10.1. The van der Waals surface area contributed by atoms with Gasteiger partial charge in [-0.05, 0) is 18.7 Å². The van der Waals surface area contributed by atoms with Crippen LogP contribution in [0.2, 0.25) is 0 Å². The first kappa shape index (κ1) is 12.8. The van der Waals surface area contributed by atoms with Crippen molar-refractivity contribution < 1.29 is 4.39 Å². The Bertz CT molecular complexity index is 520. The number of halogens is 1. The summed E-state index contributed by atoms with van der Waals surface area (Å²) in [5.74, 6) is 0.766. The van der Waals surface area contributed by atoms with Crippen molar-refractivity contribution in [2.24, 2.45) is 0 Å². The van der Waals surface area contributed by atoms with Crippen molar-refractivity contribution in [2.45, 2.75) is 26.8 Å². The summed E-state index contributed by atoms with van der Waals surface area (Å²) in [5.41, 5.74) is 1.55. The van der Waals surface area contributed by atoms with Gasteiger partial charge in [0.25, 0.3) is 0 Å². The number of rotatable bonds is 5. The molecular formula is C14H18FN3. The molecule has 1 aromatic carbocycles. The SMILES string of the molecule is CCNCc1c(F)cccc1-n1ccnc1CC. The second kappa shape index (κ2) is 5.78. The van der Waals surface area contributed by atoms with Gasteiger partial charge in [0.05, 0.1) is 5.69 Å². The Balaban J connectivity index is 2.46. The standard InChI is InChI=1S/C14H18FN3/c1-3-14-17-8-9-18(14)13-7-5-6-12(15)11(13)10-16-4-2/h5-9,16H,3-4,10H2,1-2H3. The van der Waals surface area contributed by atoms with E-state index in [0.29, 0.717) is 12.1 Å². The van der Waals surface area contributed by atoms with Crippen molar-refractivity contribution in [3.8, 4) is 5.69 Å². The predicted octanol–water partition coefficient (Wildman–Crippen LogP) is 2.68. The van der Waals surface area contributed by atoms with Gasteiger partial charge in [-0.1, -0.05) is 19.9 Å². The lowest BCUT2D eigenvalue weighted by Crippen LogP contribution is -2.16. The van der Waals surface area contributed by atoms with Gasteiger partial charge < -0.3 is 9.88 Å². The third-order valence-corrected chi connectivity index (χ3v) is 2.94. The van der Waals surface area contributed by atoms with Crippen LogP contribution >= 0.6 is 0 Å². The molecule has 0 aliphatic heterocycles. The molecule has 1 aromatic heterocycles. The third kappa shape index (κ3) is 2.43. The summed E-state index contributed by atoms with van der Waals surface area (Å²) in [4.78, 5) is 4.28. The van der Waals surface area contributed by atoms with E-state index in [-0.39, 0.29) is 5.82 Å². The highest BCUT2D eigenvalue weighted by Crippen LogP contribution is 2.19. The van der Waals surface area contributed by atoms with Gasteiger partial charge in [-0.15, -0.1) is 0 Å². The minimum absolute atomic E-state index is 0.177. The van der Waals surface area contributed by atoms with Gasteiger partial charge >= 0.3 is 0 Å². The van der Waals surface area contributed by atoms with Crippen molar-refractivity contribution in [1.82, 2.24) is 14.9 Å². The molecule has 0 fully saturated rings. The average Bonchev–Trinajstić information content (AvgIpc) is 2.85. The van der Waals surface area contributed by atoms with Crippen molar-refractivity contribution >= 4 is 0 Å². The molecule has 0 saturated carbocycles. The number of hydrogen-bond acceptors (Lipinski definition) is 2. The maximum absolute atomic E-state index is 13.9. The normalized spacial score (nSPS) is 10.8. The molecule has 0 radical (unpaired) electrons. The smallest absolute Gasteiger partial charge is 0.129 e. The number of hydrogen-bond donors (Lipinski definition) is 1. The molecule has 4 heteroatoms. The van der Waals surface area contributed by atoms with Crippen LogP contribution in [0.3, 0.4) is 0 Å². The van der Waals surface area contributed by atoms with Crippen molar-refractivity contribution in [1.29, 1.82) is 0 Å². The molecule has 96 valence electrons. The van der Waals surface area contributed by atoms with E-state index in [1.165, 1.54) is 6.07 Å². The fraction of sp³-hybridized carbons (Fsp3) is 0.357. The molecule has 0 unspecified atom stereocenters. The zero-order valence-electron chi connectivity index (χ0n) is 10.8. The van der Waals surface area contributed by atoms with Crippen molar-refractivity contribution in [3.05, 3.63) is 47.8 Å². The van der Waals surface area contributed by atoms with E-state index in [1.54, 1.807) is 12.3 Å². The van der Waals surface area contributed by atoms with Crippen LogP contribution in [-0.4, -0.2) is 16.1 Å². The van der Waals surface area contributed by atoms with Crippen LogP contribution in [0.25, 0.3) is 5.69 Å². The Hall–Kier alpha value is -1.68. The number of imidazole rings is 1. The zero-order chi connectivity index (χ0) is 13.0. The first-order valence-electron chi connectivity index (χ1n) is 6.28. The largest absolute Gasteiger partial charge is 0.313 e. The highest BCUT2D eigenvalue weighted by molar-refractivity contribution is 5.43. The molecule has 0 aliphatic carbocycles. The molecule has 0 amide bonds. The topological polar surface area (TPSA) is 29.9 Å². The van der Waals surface area contributed by atoms with Gasteiger partial charge in [-0.3, -0.25) is 0 Å². The first-order chi connectivity index (χ1) is 8.77. The zero-order valence-corrected chi connectivity index (χ0v) is 10.8. The maximum atomic E-state index is 13.9. The van der Waals surface area contributed by atoms with E-state index in [9.17, 15) is 4.39 Å². The molecule has 0 atom stereocenters. The van der Waals surface area contributed by atoms with Gasteiger partial charge in [0.15, 0.2) is 0 Å². The summed E-state index contributed by atoms with van der Waals surface area (Å²) in [5, 5.41) is 3.17. The minimum Gasteiger partial charge on any atom is -0.313 e. The van der Waals surface area contributed by atoms with E-state index >= 15 is 0 Å². The van der Waals surface area contributed by atoms with Gasteiger partial charge in [-0.2, -0.15) is 0 Å². The molecule has 18 heavy (non-hydrogen) atoms. The van der Waals surface area contributed by atoms with Crippen LogP contribution in [-0.2, 0) is 13.0 Å². The summed E-state index contributed by atoms with van der Waals surface area (Å²) < 4.78 is 15.9. The predicted molar refractivity (Wildman–Crippen MR) is 70.3 cm³/mol. The van der Waals surface area contributed by atoms with Gasteiger partial charge in [0, 0.05) is 30.9 Å². The molecular weight excluding hydrogens is 229 g/mol. The van der Waals surface area contributed by atoms with Gasteiger partial charge in [0.2, 0.25) is 0 Å². The fourth-order valence-electron chi connectivity index (χ4n) is 2.01. The Morgan fingerprint density at radius 2 is 2.17 bits per heavy atom. The van der Waals surface area contributed by atoms with Crippen LogP contribution < -0.4 is 5.32 Å². The number of benzene rings is 1. The molecule has 1 heterocycles. The van der Waals surface area contributed by atoms with Crippen molar-refractivity contribution in [2.75, 3.05) is 6.54 Å². The Kier molecular flexibility index (Phi) is 4.10. The van der Waals surface area contributed by atoms with E-state index < -0.39 is 0 Å². The van der Waals surface area contributed by atoms with Crippen LogP contribution in [0.15, 0.2) is 30.6 Å². The summed E-state index contributed by atoms with van der Waals surface area (Å²) >= 11 is 0. The number of nitrogens with one attached hydrogen (secondary N) is 1. The molecule has 3 nitrogen and oxygen atoms in total. The molecule has 1 N–H and O–H groups in total. The second-order valence-corrected chi connectivity index (χ2v) is 4.08. The fourth-order valence-corrected chi connectivity index (χ4v) is 2.01. The Morgan fingerprint density at radius 1 is 1.33 bits per heavy atom. The molecule has 2 aromatic rings. The first-order valence-corrected chi connectivity index (χ1v) is 6.28. The monoisotopic (exact) mass is 247 g/mol. The summed E-state index contributed by atoms with van der Waals surface area (Å²) in [7, 11) is 0. The molecule has 2 rings (SSSR count). The lowest BCUT2D eigenvalue weighted by molar-refractivity contribution is 0.590. The van der Waals surface area contributed by atoms with E-state index in [1.807, 2.05) is 30.7 Å². The van der Waals surface area contributed by atoms with Gasteiger partial charge in [0.1, 0.15) is 11.6 Å². The third-order valence-electron chi connectivity index (χ3n) is 2.94. The molecule has 0 bridgehead atoms. The Morgan fingerprint density at radius 3 is 2.89 bits per heavy atom. The van der Waals surface area contributed by atoms with Crippen LogP contribution in [0.1, 0.15) is 25.2 Å². The Labute approximate surface area is 107 Å². The van der Waals surface area contributed by atoms with E-state index in [0.717, 1.165) is 24.5 Å². The maximum Gasteiger partial charge on any atom is 0.129 e. The average molecular weight is 247 g/mol. The summed E-state index contributed by atoms with van der Waals surface area (Å²) in [6.45, 7) is 5.40.